The summed E-state index contributed by atoms with van der Waals surface area (Å²) < 4.78 is 27.7. The van der Waals surface area contributed by atoms with Crippen LogP contribution in [0, 0.1) is 6.92 Å². The summed E-state index contributed by atoms with van der Waals surface area (Å²) in [6, 6.07) is 14.7. The topological polar surface area (TPSA) is 75.3 Å². The fourth-order valence-electron chi connectivity index (χ4n) is 2.20. The zero-order valence-electron chi connectivity index (χ0n) is 14.2. The molecule has 2 aromatic carbocycles. The molecule has 2 N–H and O–H groups in total. The van der Waals surface area contributed by atoms with Crippen LogP contribution in [-0.2, 0) is 14.8 Å². The maximum atomic E-state index is 12.6. The van der Waals surface area contributed by atoms with Gasteiger partial charge < -0.3 is 5.32 Å². The number of amides is 1. The molecule has 1 amide bonds. The van der Waals surface area contributed by atoms with E-state index in [2.05, 4.69) is 10.0 Å². The van der Waals surface area contributed by atoms with Crippen LogP contribution in [0.4, 0.5) is 5.69 Å². The molecule has 2 aromatic rings. The molecule has 25 heavy (non-hydrogen) atoms. The second-order valence-corrected chi connectivity index (χ2v) is 8.32. The summed E-state index contributed by atoms with van der Waals surface area (Å²) in [5.41, 5.74) is 1.61. The molecule has 2 rings (SSSR count). The third kappa shape index (κ3) is 5.88. The van der Waals surface area contributed by atoms with Gasteiger partial charge in [-0.1, -0.05) is 35.9 Å². The molecule has 1 atom stereocenters. The first kappa shape index (κ1) is 19.5. The minimum atomic E-state index is -3.76. The Morgan fingerprint density at radius 2 is 1.72 bits per heavy atom. The number of hydrogen-bond donors (Lipinski definition) is 2. The van der Waals surface area contributed by atoms with Crippen molar-refractivity contribution >= 4 is 33.4 Å². The summed E-state index contributed by atoms with van der Waals surface area (Å²) in [5, 5.41) is 2.76. The number of para-hydroxylation sites is 1. The first-order valence-electron chi connectivity index (χ1n) is 7.86. The quantitative estimate of drug-likeness (QED) is 0.740. The lowest BCUT2D eigenvalue weighted by molar-refractivity contribution is -0.117. The van der Waals surface area contributed by atoms with Gasteiger partial charge in [0.15, 0.2) is 0 Å². The van der Waals surface area contributed by atoms with Gasteiger partial charge in [-0.15, -0.1) is 0 Å². The van der Waals surface area contributed by atoms with Crippen LogP contribution in [0.5, 0.6) is 0 Å². The van der Waals surface area contributed by atoms with Gasteiger partial charge in [-0.2, -0.15) is 16.5 Å². The van der Waals surface area contributed by atoms with Crippen molar-refractivity contribution in [3.8, 4) is 0 Å². The smallest absolute Gasteiger partial charge is 0.242 e. The van der Waals surface area contributed by atoms with E-state index in [9.17, 15) is 13.2 Å². The average Bonchev–Trinajstić information content (AvgIpc) is 2.59. The Morgan fingerprint density at radius 3 is 2.32 bits per heavy atom. The Morgan fingerprint density at radius 1 is 1.08 bits per heavy atom. The third-order valence-corrected chi connectivity index (χ3v) is 5.73. The minimum Gasteiger partial charge on any atom is -0.325 e. The highest BCUT2D eigenvalue weighted by Gasteiger charge is 2.25. The maximum Gasteiger partial charge on any atom is 0.242 e. The van der Waals surface area contributed by atoms with Crippen molar-refractivity contribution < 1.29 is 13.2 Å². The average molecular weight is 379 g/mol. The predicted octanol–water partition coefficient (Wildman–Crippen LogP) is 3.03. The molecule has 0 aromatic heterocycles. The first-order valence-corrected chi connectivity index (χ1v) is 10.7. The van der Waals surface area contributed by atoms with Crippen LogP contribution in [0.1, 0.15) is 12.0 Å². The van der Waals surface area contributed by atoms with Gasteiger partial charge in [-0.05, 0) is 49.6 Å². The Labute approximate surface area is 153 Å². The summed E-state index contributed by atoms with van der Waals surface area (Å²) in [6.07, 6.45) is 2.32. The van der Waals surface area contributed by atoms with E-state index >= 15 is 0 Å². The molecule has 7 heteroatoms. The maximum absolute atomic E-state index is 12.6. The molecule has 0 aliphatic carbocycles. The number of anilines is 1. The van der Waals surface area contributed by atoms with E-state index in [0.717, 1.165) is 5.56 Å². The van der Waals surface area contributed by atoms with Crippen molar-refractivity contribution in [3.05, 3.63) is 60.2 Å². The standard InChI is InChI=1S/C18H22N2O3S2/c1-14-8-10-16(11-9-14)25(22,23)20-17(12-13-24-2)18(21)19-15-6-4-3-5-7-15/h3-11,17,20H,12-13H2,1-2H3,(H,19,21)/t17-/m0/s1. The van der Waals surface area contributed by atoms with Gasteiger partial charge in [0, 0.05) is 5.69 Å². The molecule has 0 saturated carbocycles. The van der Waals surface area contributed by atoms with Crippen LogP contribution in [0.15, 0.2) is 59.5 Å². The molecule has 0 unspecified atom stereocenters. The molecule has 0 aliphatic heterocycles. The van der Waals surface area contributed by atoms with Crippen LogP contribution in [-0.4, -0.2) is 32.4 Å². The van der Waals surface area contributed by atoms with E-state index in [1.165, 1.54) is 0 Å². The molecule has 0 fully saturated rings. The molecule has 0 aliphatic rings. The Kier molecular flexibility index (Phi) is 7.04. The van der Waals surface area contributed by atoms with E-state index < -0.39 is 16.1 Å². The monoisotopic (exact) mass is 378 g/mol. The Hall–Kier alpha value is -1.83. The van der Waals surface area contributed by atoms with Gasteiger partial charge in [-0.3, -0.25) is 4.79 Å². The van der Waals surface area contributed by atoms with Crippen LogP contribution in [0.3, 0.4) is 0 Å². The Balaban J connectivity index is 2.15. The molecule has 5 nitrogen and oxygen atoms in total. The van der Waals surface area contributed by atoms with Gasteiger partial charge in [0.05, 0.1) is 4.90 Å². The second kappa shape index (κ2) is 9.03. The van der Waals surface area contributed by atoms with Crippen molar-refractivity contribution in [2.45, 2.75) is 24.3 Å². The number of benzene rings is 2. The first-order chi connectivity index (χ1) is 11.9. The van der Waals surface area contributed by atoms with Crippen molar-refractivity contribution in [2.24, 2.45) is 0 Å². The van der Waals surface area contributed by atoms with E-state index in [1.807, 2.05) is 31.4 Å². The number of aryl methyl sites for hydroxylation is 1. The fourth-order valence-corrected chi connectivity index (χ4v) is 3.90. The highest BCUT2D eigenvalue weighted by molar-refractivity contribution is 7.98. The lowest BCUT2D eigenvalue weighted by atomic mass is 10.2. The second-order valence-electron chi connectivity index (χ2n) is 5.62. The number of rotatable bonds is 8. The van der Waals surface area contributed by atoms with Crippen molar-refractivity contribution in [2.75, 3.05) is 17.3 Å². The molecule has 0 bridgehead atoms. The summed E-state index contributed by atoms with van der Waals surface area (Å²) in [4.78, 5) is 12.7. The highest BCUT2D eigenvalue weighted by atomic mass is 32.2. The lowest BCUT2D eigenvalue weighted by Gasteiger charge is -2.18. The van der Waals surface area contributed by atoms with Crippen LogP contribution in [0.2, 0.25) is 0 Å². The van der Waals surface area contributed by atoms with Gasteiger partial charge >= 0.3 is 0 Å². The zero-order valence-corrected chi connectivity index (χ0v) is 15.9. The predicted molar refractivity (Wildman–Crippen MR) is 103 cm³/mol. The van der Waals surface area contributed by atoms with Crippen molar-refractivity contribution in [1.82, 2.24) is 4.72 Å². The number of hydrogen-bond acceptors (Lipinski definition) is 4. The molecule has 0 radical (unpaired) electrons. The molecule has 134 valence electrons. The summed E-state index contributed by atoms with van der Waals surface area (Å²) >= 11 is 1.56. The van der Waals surface area contributed by atoms with Crippen LogP contribution >= 0.6 is 11.8 Å². The number of carbonyl (C=O) groups excluding carboxylic acids is 1. The minimum absolute atomic E-state index is 0.153. The Bertz CT molecular complexity index is 791. The van der Waals surface area contributed by atoms with Gasteiger partial charge in [0.1, 0.15) is 6.04 Å². The number of thioether (sulfide) groups is 1. The number of sulfonamides is 1. The summed E-state index contributed by atoms with van der Waals surface area (Å²) in [7, 11) is -3.76. The van der Waals surface area contributed by atoms with E-state index in [-0.39, 0.29) is 10.8 Å². The summed E-state index contributed by atoms with van der Waals surface area (Å²) in [6.45, 7) is 1.89. The van der Waals surface area contributed by atoms with E-state index in [0.29, 0.717) is 17.9 Å². The third-order valence-electron chi connectivity index (χ3n) is 3.60. The fraction of sp³-hybridized carbons (Fsp3) is 0.278. The number of carbonyl (C=O) groups is 1. The van der Waals surface area contributed by atoms with Gasteiger partial charge in [0.25, 0.3) is 0 Å². The summed E-state index contributed by atoms with van der Waals surface area (Å²) in [5.74, 6) is 0.305. The highest BCUT2D eigenvalue weighted by Crippen LogP contribution is 2.14. The molecule has 0 heterocycles. The van der Waals surface area contributed by atoms with Crippen LogP contribution in [0.25, 0.3) is 0 Å². The number of nitrogens with one attached hydrogen (secondary N) is 2. The SMILES string of the molecule is CSCC[C@H](NS(=O)(=O)c1ccc(C)cc1)C(=O)Nc1ccccc1. The molecular formula is C18H22N2O3S2. The van der Waals surface area contributed by atoms with Crippen LogP contribution < -0.4 is 10.0 Å². The van der Waals surface area contributed by atoms with E-state index in [1.54, 1.807) is 48.2 Å². The largest absolute Gasteiger partial charge is 0.325 e. The van der Waals surface area contributed by atoms with Crippen molar-refractivity contribution in [1.29, 1.82) is 0 Å². The normalized spacial score (nSPS) is 12.6. The molecule has 0 saturated heterocycles. The van der Waals surface area contributed by atoms with Gasteiger partial charge in [0.2, 0.25) is 15.9 Å². The molecule has 0 spiro atoms. The molecular weight excluding hydrogens is 356 g/mol. The van der Waals surface area contributed by atoms with Gasteiger partial charge in [-0.25, -0.2) is 8.42 Å². The van der Waals surface area contributed by atoms with Crippen molar-refractivity contribution in [3.63, 3.8) is 0 Å². The zero-order chi connectivity index (χ0) is 18.3. The van der Waals surface area contributed by atoms with E-state index in [4.69, 9.17) is 0 Å². The lowest BCUT2D eigenvalue weighted by Crippen LogP contribution is -2.44.